The maximum Gasteiger partial charge on any atom is 0.119 e. The predicted octanol–water partition coefficient (Wildman–Crippen LogP) is 2.89. The SMILES string of the molecule is CSc1ccc(C2CC=CS2)nn1. The highest BCUT2D eigenvalue weighted by molar-refractivity contribution is 8.02. The van der Waals surface area contributed by atoms with E-state index in [1.54, 1.807) is 11.8 Å². The topological polar surface area (TPSA) is 25.8 Å². The van der Waals surface area contributed by atoms with E-state index in [0.29, 0.717) is 5.25 Å². The van der Waals surface area contributed by atoms with E-state index < -0.39 is 0 Å². The summed E-state index contributed by atoms with van der Waals surface area (Å²) in [5.74, 6) is 0. The van der Waals surface area contributed by atoms with Gasteiger partial charge in [-0.05, 0) is 30.2 Å². The Kier molecular flexibility index (Phi) is 2.90. The molecular formula is C9H10N2S2. The summed E-state index contributed by atoms with van der Waals surface area (Å²) in [5.41, 5.74) is 1.09. The number of aromatic nitrogens is 2. The van der Waals surface area contributed by atoms with Gasteiger partial charge in [-0.3, -0.25) is 0 Å². The lowest BCUT2D eigenvalue weighted by atomic mass is 10.2. The van der Waals surface area contributed by atoms with Gasteiger partial charge in [0.25, 0.3) is 0 Å². The average Bonchev–Trinajstić information content (AvgIpc) is 2.71. The molecule has 68 valence electrons. The Labute approximate surface area is 86.2 Å². The minimum Gasteiger partial charge on any atom is -0.153 e. The molecule has 0 radical (unpaired) electrons. The van der Waals surface area contributed by atoms with Crippen LogP contribution in [0, 0.1) is 0 Å². The van der Waals surface area contributed by atoms with E-state index in [9.17, 15) is 0 Å². The predicted molar refractivity (Wildman–Crippen MR) is 57.9 cm³/mol. The van der Waals surface area contributed by atoms with Crippen LogP contribution in [0.25, 0.3) is 0 Å². The van der Waals surface area contributed by atoms with E-state index in [4.69, 9.17) is 0 Å². The van der Waals surface area contributed by atoms with Gasteiger partial charge in [0.15, 0.2) is 0 Å². The molecule has 1 atom stereocenters. The molecular weight excluding hydrogens is 200 g/mol. The maximum absolute atomic E-state index is 4.20. The second kappa shape index (κ2) is 4.15. The standard InChI is InChI=1S/C9H10N2S2/c1-12-9-5-4-7(10-11-9)8-3-2-6-13-8/h2,4-6,8H,3H2,1H3. The van der Waals surface area contributed by atoms with Crippen molar-refractivity contribution < 1.29 is 0 Å². The summed E-state index contributed by atoms with van der Waals surface area (Å²) in [4.78, 5) is 0. The molecule has 0 bridgehead atoms. The lowest BCUT2D eigenvalue weighted by Crippen LogP contribution is -1.96. The van der Waals surface area contributed by atoms with Crippen LogP contribution in [0.2, 0.25) is 0 Å². The number of rotatable bonds is 2. The Morgan fingerprint density at radius 3 is 2.92 bits per heavy atom. The first-order valence-electron chi connectivity index (χ1n) is 4.08. The number of nitrogens with zero attached hydrogens (tertiary/aromatic N) is 2. The van der Waals surface area contributed by atoms with Crippen molar-refractivity contribution in [2.45, 2.75) is 16.7 Å². The summed E-state index contributed by atoms with van der Waals surface area (Å²) >= 11 is 3.44. The lowest BCUT2D eigenvalue weighted by Gasteiger charge is -2.06. The van der Waals surface area contributed by atoms with Gasteiger partial charge in [0.2, 0.25) is 0 Å². The van der Waals surface area contributed by atoms with Gasteiger partial charge in [0.1, 0.15) is 5.03 Å². The smallest absolute Gasteiger partial charge is 0.119 e. The van der Waals surface area contributed by atoms with Gasteiger partial charge in [-0.1, -0.05) is 6.08 Å². The molecule has 2 rings (SSSR count). The van der Waals surface area contributed by atoms with Gasteiger partial charge < -0.3 is 0 Å². The van der Waals surface area contributed by atoms with E-state index in [1.807, 2.05) is 24.1 Å². The highest BCUT2D eigenvalue weighted by atomic mass is 32.2. The zero-order chi connectivity index (χ0) is 9.10. The maximum atomic E-state index is 4.20. The van der Waals surface area contributed by atoms with E-state index in [-0.39, 0.29) is 0 Å². The van der Waals surface area contributed by atoms with Crippen molar-refractivity contribution in [1.29, 1.82) is 0 Å². The summed E-state index contributed by atoms with van der Waals surface area (Å²) in [6.45, 7) is 0. The van der Waals surface area contributed by atoms with Crippen LogP contribution in [0.4, 0.5) is 0 Å². The minimum absolute atomic E-state index is 0.489. The molecule has 1 unspecified atom stereocenters. The highest BCUT2D eigenvalue weighted by Gasteiger charge is 2.14. The monoisotopic (exact) mass is 210 g/mol. The third kappa shape index (κ3) is 2.06. The van der Waals surface area contributed by atoms with Crippen LogP contribution >= 0.6 is 23.5 Å². The summed E-state index contributed by atoms with van der Waals surface area (Å²) in [7, 11) is 0. The highest BCUT2D eigenvalue weighted by Crippen LogP contribution is 2.37. The fraction of sp³-hybridized carbons (Fsp3) is 0.333. The molecule has 0 saturated heterocycles. The molecule has 2 heterocycles. The van der Waals surface area contributed by atoms with Gasteiger partial charge in [-0.2, -0.15) is 5.10 Å². The van der Waals surface area contributed by atoms with Gasteiger partial charge in [-0.25, -0.2) is 0 Å². The molecule has 0 spiro atoms. The Balaban J connectivity index is 2.13. The second-order valence-electron chi connectivity index (χ2n) is 2.73. The summed E-state index contributed by atoms with van der Waals surface area (Å²) in [5, 5.41) is 11.9. The summed E-state index contributed by atoms with van der Waals surface area (Å²) < 4.78 is 0. The fourth-order valence-electron chi connectivity index (χ4n) is 1.19. The molecule has 2 nitrogen and oxygen atoms in total. The molecule has 0 N–H and O–H groups in total. The van der Waals surface area contributed by atoms with Gasteiger partial charge >= 0.3 is 0 Å². The van der Waals surface area contributed by atoms with E-state index in [2.05, 4.69) is 27.7 Å². The fourth-order valence-corrected chi connectivity index (χ4v) is 2.41. The zero-order valence-electron chi connectivity index (χ0n) is 7.30. The minimum atomic E-state index is 0.489. The van der Waals surface area contributed by atoms with Crippen LogP contribution in [0.3, 0.4) is 0 Å². The van der Waals surface area contributed by atoms with Crippen molar-refractivity contribution in [3.63, 3.8) is 0 Å². The average molecular weight is 210 g/mol. The number of thioether (sulfide) groups is 2. The van der Waals surface area contributed by atoms with Crippen molar-refractivity contribution in [2.24, 2.45) is 0 Å². The van der Waals surface area contributed by atoms with Crippen molar-refractivity contribution >= 4 is 23.5 Å². The second-order valence-corrected chi connectivity index (χ2v) is 4.67. The van der Waals surface area contributed by atoms with E-state index >= 15 is 0 Å². The van der Waals surface area contributed by atoms with Crippen molar-refractivity contribution in [3.8, 4) is 0 Å². The lowest BCUT2D eigenvalue weighted by molar-refractivity contribution is 0.827. The van der Waals surface area contributed by atoms with Gasteiger partial charge in [-0.15, -0.1) is 28.6 Å². The molecule has 13 heavy (non-hydrogen) atoms. The van der Waals surface area contributed by atoms with Gasteiger partial charge in [0.05, 0.1) is 10.9 Å². The third-order valence-corrected chi connectivity index (χ3v) is 3.64. The Bertz CT molecular complexity index is 300. The zero-order valence-corrected chi connectivity index (χ0v) is 8.94. The van der Waals surface area contributed by atoms with Crippen LogP contribution in [0.1, 0.15) is 17.4 Å². The molecule has 0 aromatic carbocycles. The van der Waals surface area contributed by atoms with Crippen LogP contribution in [-0.4, -0.2) is 16.5 Å². The van der Waals surface area contributed by atoms with E-state index in [0.717, 1.165) is 17.1 Å². The summed E-state index contributed by atoms with van der Waals surface area (Å²) in [6.07, 6.45) is 5.27. The normalized spacial score (nSPS) is 20.8. The molecule has 0 fully saturated rings. The Morgan fingerprint density at radius 2 is 2.38 bits per heavy atom. The molecule has 0 saturated carbocycles. The molecule has 4 heteroatoms. The molecule has 0 amide bonds. The first-order valence-corrected chi connectivity index (χ1v) is 6.25. The van der Waals surface area contributed by atoms with Crippen molar-refractivity contribution in [1.82, 2.24) is 10.2 Å². The molecule has 1 aromatic heterocycles. The van der Waals surface area contributed by atoms with Crippen LogP contribution in [0.5, 0.6) is 0 Å². The quantitative estimate of drug-likeness (QED) is 0.701. The Hall–Kier alpha value is -0.480. The summed E-state index contributed by atoms with van der Waals surface area (Å²) in [6, 6.07) is 4.11. The largest absolute Gasteiger partial charge is 0.153 e. The van der Waals surface area contributed by atoms with Crippen LogP contribution in [0.15, 0.2) is 28.6 Å². The van der Waals surface area contributed by atoms with Crippen LogP contribution in [-0.2, 0) is 0 Å². The molecule has 1 aromatic rings. The number of hydrogen-bond donors (Lipinski definition) is 0. The first kappa shape index (κ1) is 9.09. The van der Waals surface area contributed by atoms with Crippen LogP contribution < -0.4 is 0 Å². The molecule has 1 aliphatic heterocycles. The Morgan fingerprint density at radius 1 is 1.46 bits per heavy atom. The molecule has 0 aliphatic carbocycles. The third-order valence-electron chi connectivity index (χ3n) is 1.89. The number of hydrogen-bond acceptors (Lipinski definition) is 4. The van der Waals surface area contributed by atoms with E-state index in [1.165, 1.54) is 0 Å². The van der Waals surface area contributed by atoms with Crippen molar-refractivity contribution in [2.75, 3.05) is 6.26 Å². The number of allylic oxidation sites excluding steroid dienone is 1. The molecule has 1 aliphatic rings. The van der Waals surface area contributed by atoms with Crippen molar-refractivity contribution in [3.05, 3.63) is 29.3 Å². The first-order chi connectivity index (χ1) is 6.40. The van der Waals surface area contributed by atoms with Gasteiger partial charge in [0, 0.05) is 0 Å².